The maximum Gasteiger partial charge on any atom is 0.168 e. The molecule has 1 rings (SSSR count). The molecular weight excluding hydrogens is 128 g/mol. The summed E-state index contributed by atoms with van der Waals surface area (Å²) in [7, 11) is 1.93. The third kappa shape index (κ3) is 1.62. The normalized spacial score (nSPS) is 9.30. The van der Waals surface area contributed by atoms with Crippen molar-refractivity contribution in [3.63, 3.8) is 0 Å². The van der Waals surface area contributed by atoms with E-state index in [2.05, 4.69) is 5.18 Å². The molecule has 1 aromatic heterocycles. The van der Waals surface area contributed by atoms with Crippen LogP contribution >= 0.6 is 0 Å². The lowest BCUT2D eigenvalue weighted by atomic mass is 10.3. The number of aromatic nitrogens is 1. The molecule has 0 aromatic carbocycles. The fourth-order valence-corrected chi connectivity index (χ4v) is 0.712. The van der Waals surface area contributed by atoms with E-state index >= 15 is 0 Å². The zero-order valence-corrected chi connectivity index (χ0v) is 5.82. The van der Waals surface area contributed by atoms with Crippen molar-refractivity contribution in [3.05, 3.63) is 35.0 Å². The Bertz CT molecular complexity index is 218. The average Bonchev–Trinajstić information content (AvgIpc) is 1.95. The van der Waals surface area contributed by atoms with Crippen molar-refractivity contribution in [2.75, 3.05) is 0 Å². The number of nitroso groups, excluding NO2 is 1. The molecule has 0 saturated heterocycles. The minimum atomic E-state index is 0.265. The Kier molecular flexibility index (Phi) is 2.10. The van der Waals surface area contributed by atoms with Gasteiger partial charge in [0, 0.05) is 12.1 Å². The van der Waals surface area contributed by atoms with Gasteiger partial charge in [-0.05, 0) is 5.56 Å². The van der Waals surface area contributed by atoms with Gasteiger partial charge in [0.1, 0.15) is 13.6 Å². The van der Waals surface area contributed by atoms with Crippen LogP contribution in [0.5, 0.6) is 0 Å². The van der Waals surface area contributed by atoms with Crippen LogP contribution in [0.2, 0.25) is 0 Å². The molecule has 0 aliphatic heterocycles. The van der Waals surface area contributed by atoms with Crippen LogP contribution in [0.25, 0.3) is 0 Å². The molecule has 1 heterocycles. The standard InChI is InChI=1S/C7H9N2O/c1-9-4-2-7(3-5-9)6-8-10/h2-5H,6H2,1H3/q+1. The van der Waals surface area contributed by atoms with Crippen LogP contribution in [0.4, 0.5) is 0 Å². The van der Waals surface area contributed by atoms with E-state index in [-0.39, 0.29) is 6.54 Å². The highest BCUT2D eigenvalue weighted by Crippen LogP contribution is 1.95. The fraction of sp³-hybridized carbons (Fsp3) is 0.286. The van der Waals surface area contributed by atoms with E-state index in [0.29, 0.717) is 0 Å². The maximum atomic E-state index is 9.80. The third-order valence-corrected chi connectivity index (χ3v) is 1.29. The Morgan fingerprint density at radius 3 is 2.60 bits per heavy atom. The fourth-order valence-electron chi connectivity index (χ4n) is 0.712. The van der Waals surface area contributed by atoms with Crippen molar-refractivity contribution in [2.45, 2.75) is 6.54 Å². The summed E-state index contributed by atoms with van der Waals surface area (Å²) in [4.78, 5) is 9.80. The molecule has 0 aliphatic rings. The van der Waals surface area contributed by atoms with Gasteiger partial charge in [-0.2, -0.15) is 4.91 Å². The summed E-state index contributed by atoms with van der Waals surface area (Å²) in [6.45, 7) is 0.265. The summed E-state index contributed by atoms with van der Waals surface area (Å²) >= 11 is 0. The van der Waals surface area contributed by atoms with E-state index in [1.807, 2.05) is 36.1 Å². The predicted molar refractivity (Wildman–Crippen MR) is 37.1 cm³/mol. The van der Waals surface area contributed by atoms with Crippen molar-refractivity contribution < 1.29 is 4.57 Å². The van der Waals surface area contributed by atoms with Gasteiger partial charge in [0.05, 0.1) is 0 Å². The van der Waals surface area contributed by atoms with Gasteiger partial charge in [0.15, 0.2) is 12.4 Å². The zero-order valence-electron chi connectivity index (χ0n) is 5.82. The predicted octanol–water partition coefficient (Wildman–Crippen LogP) is 0.777. The van der Waals surface area contributed by atoms with Gasteiger partial charge in [-0.1, -0.05) is 5.18 Å². The van der Waals surface area contributed by atoms with Crippen LogP contribution in [0.1, 0.15) is 5.56 Å². The number of pyridine rings is 1. The number of rotatable bonds is 2. The second-order valence-corrected chi connectivity index (χ2v) is 2.16. The topological polar surface area (TPSA) is 33.3 Å². The van der Waals surface area contributed by atoms with Crippen molar-refractivity contribution in [1.29, 1.82) is 0 Å². The van der Waals surface area contributed by atoms with E-state index in [1.165, 1.54) is 0 Å². The maximum absolute atomic E-state index is 9.80. The molecule has 0 fully saturated rings. The molecule has 0 amide bonds. The van der Waals surface area contributed by atoms with E-state index in [9.17, 15) is 4.91 Å². The van der Waals surface area contributed by atoms with Gasteiger partial charge in [0.2, 0.25) is 0 Å². The highest BCUT2D eigenvalue weighted by atomic mass is 16.3. The van der Waals surface area contributed by atoms with Crippen molar-refractivity contribution in [2.24, 2.45) is 12.2 Å². The average molecular weight is 137 g/mol. The van der Waals surface area contributed by atoms with Crippen LogP contribution in [-0.2, 0) is 13.6 Å². The van der Waals surface area contributed by atoms with Gasteiger partial charge < -0.3 is 0 Å². The van der Waals surface area contributed by atoms with Gasteiger partial charge in [-0.3, -0.25) is 0 Å². The van der Waals surface area contributed by atoms with Crippen LogP contribution in [0.3, 0.4) is 0 Å². The SMILES string of the molecule is C[n+]1ccc(CN=O)cc1. The largest absolute Gasteiger partial charge is 0.208 e. The summed E-state index contributed by atoms with van der Waals surface area (Å²) in [6.07, 6.45) is 3.78. The second-order valence-electron chi connectivity index (χ2n) is 2.16. The van der Waals surface area contributed by atoms with Crippen LogP contribution in [0.15, 0.2) is 29.7 Å². The van der Waals surface area contributed by atoms with E-state index < -0.39 is 0 Å². The van der Waals surface area contributed by atoms with E-state index in [0.717, 1.165) is 5.56 Å². The summed E-state index contributed by atoms with van der Waals surface area (Å²) in [6, 6.07) is 3.75. The monoisotopic (exact) mass is 137 g/mol. The first-order chi connectivity index (χ1) is 4.83. The number of aryl methyl sites for hydroxylation is 1. The number of hydrogen-bond acceptors (Lipinski definition) is 2. The minimum Gasteiger partial charge on any atom is -0.208 e. The second kappa shape index (κ2) is 3.06. The Morgan fingerprint density at radius 2 is 2.10 bits per heavy atom. The highest BCUT2D eigenvalue weighted by molar-refractivity contribution is 5.06. The van der Waals surface area contributed by atoms with Crippen molar-refractivity contribution >= 4 is 0 Å². The Balaban J connectivity index is 2.78. The highest BCUT2D eigenvalue weighted by Gasteiger charge is 1.93. The molecule has 0 radical (unpaired) electrons. The number of nitrogens with zero attached hydrogens (tertiary/aromatic N) is 2. The first-order valence-corrected chi connectivity index (χ1v) is 3.06. The van der Waals surface area contributed by atoms with E-state index in [4.69, 9.17) is 0 Å². The molecule has 3 heteroatoms. The Morgan fingerprint density at radius 1 is 1.50 bits per heavy atom. The van der Waals surface area contributed by atoms with Crippen molar-refractivity contribution in [3.8, 4) is 0 Å². The summed E-state index contributed by atoms with van der Waals surface area (Å²) in [5.41, 5.74) is 0.952. The molecule has 0 N–H and O–H groups in total. The summed E-state index contributed by atoms with van der Waals surface area (Å²) in [5, 5.41) is 2.78. The zero-order chi connectivity index (χ0) is 7.40. The summed E-state index contributed by atoms with van der Waals surface area (Å²) < 4.78 is 1.91. The van der Waals surface area contributed by atoms with Crippen LogP contribution in [0, 0.1) is 4.91 Å². The molecule has 0 atom stereocenters. The molecule has 52 valence electrons. The Labute approximate surface area is 59.3 Å². The molecule has 0 saturated carbocycles. The van der Waals surface area contributed by atoms with Gasteiger partial charge in [-0.15, -0.1) is 0 Å². The minimum absolute atomic E-state index is 0.265. The van der Waals surface area contributed by atoms with Gasteiger partial charge >= 0.3 is 0 Å². The molecular formula is C7H9N2O+. The first kappa shape index (κ1) is 6.86. The number of hydrogen-bond donors (Lipinski definition) is 0. The molecule has 3 nitrogen and oxygen atoms in total. The van der Waals surface area contributed by atoms with Gasteiger partial charge in [-0.25, -0.2) is 4.57 Å². The molecule has 1 aromatic rings. The molecule has 0 bridgehead atoms. The first-order valence-electron chi connectivity index (χ1n) is 3.06. The third-order valence-electron chi connectivity index (χ3n) is 1.29. The molecule has 0 unspecified atom stereocenters. The smallest absolute Gasteiger partial charge is 0.168 e. The van der Waals surface area contributed by atoms with Crippen molar-refractivity contribution in [1.82, 2.24) is 0 Å². The van der Waals surface area contributed by atoms with E-state index in [1.54, 1.807) is 0 Å². The lowest BCUT2D eigenvalue weighted by Gasteiger charge is -1.89. The van der Waals surface area contributed by atoms with Crippen LogP contribution in [-0.4, -0.2) is 0 Å². The summed E-state index contributed by atoms with van der Waals surface area (Å²) in [5.74, 6) is 0. The molecule has 0 aliphatic carbocycles. The quantitative estimate of drug-likeness (QED) is 0.438. The molecule has 0 spiro atoms. The lowest BCUT2D eigenvalue weighted by molar-refractivity contribution is -0.671. The Hall–Kier alpha value is -1.25. The lowest BCUT2D eigenvalue weighted by Crippen LogP contribution is -2.25. The van der Waals surface area contributed by atoms with Gasteiger partial charge in [0.25, 0.3) is 0 Å². The molecule has 10 heavy (non-hydrogen) atoms. The van der Waals surface area contributed by atoms with Crippen LogP contribution < -0.4 is 4.57 Å².